The number of aryl methyl sites for hydroxylation is 2. The van der Waals surface area contributed by atoms with Gasteiger partial charge in [0, 0.05) is 40.3 Å². The van der Waals surface area contributed by atoms with E-state index in [1.807, 2.05) is 29.9 Å². The van der Waals surface area contributed by atoms with Gasteiger partial charge in [-0.25, -0.2) is 0 Å². The largest absolute Gasteiger partial charge is 0.280 e. The third-order valence-electron chi connectivity index (χ3n) is 7.14. The number of aromatic nitrogens is 5. The average molecular weight is 519 g/mol. The van der Waals surface area contributed by atoms with Gasteiger partial charge in [0.2, 0.25) is 0 Å². The highest BCUT2D eigenvalue weighted by atomic mass is 35.5. The molecule has 2 aromatic heterocycles. The minimum atomic E-state index is -0.316. The van der Waals surface area contributed by atoms with Gasteiger partial charge in [-0.2, -0.15) is 5.10 Å². The van der Waals surface area contributed by atoms with Crippen molar-refractivity contribution in [2.75, 3.05) is 5.88 Å². The molecule has 3 heterocycles. The van der Waals surface area contributed by atoms with E-state index >= 15 is 0 Å². The number of alkyl halides is 1. The zero-order valence-electron chi connectivity index (χ0n) is 20.3. The number of aliphatic imine (C=N–C) groups is 1. The first-order valence-electron chi connectivity index (χ1n) is 12.6. The van der Waals surface area contributed by atoms with Crippen LogP contribution in [0, 0.1) is 6.92 Å². The molecule has 36 heavy (non-hydrogen) atoms. The molecule has 0 unspecified atom stereocenters. The third kappa shape index (κ3) is 4.27. The molecule has 0 atom stereocenters. The van der Waals surface area contributed by atoms with Crippen molar-refractivity contribution < 1.29 is 0 Å². The Kier molecular flexibility index (Phi) is 6.18. The highest BCUT2D eigenvalue weighted by molar-refractivity contribution is 6.30. The molecule has 0 bridgehead atoms. The standard InChI is InChI=1S/C28H28Cl2N6/c1-19-33-34-27-28(12-13-28)32-26(20-6-9-23(30)10-7-20)24-16-21(8-11-25(24)36(19)27)22-17-31-35(18-22)15-5-3-2-4-14-29/h6-11,16-18H,2-5,12-15H2,1H3. The number of halogens is 2. The van der Waals surface area contributed by atoms with E-state index < -0.39 is 0 Å². The van der Waals surface area contributed by atoms with E-state index in [1.54, 1.807) is 0 Å². The van der Waals surface area contributed by atoms with Crippen LogP contribution in [-0.4, -0.2) is 36.1 Å². The van der Waals surface area contributed by atoms with Gasteiger partial charge in [-0.05, 0) is 62.4 Å². The Bertz CT molecular complexity index is 1430. The first-order valence-corrected chi connectivity index (χ1v) is 13.5. The summed E-state index contributed by atoms with van der Waals surface area (Å²) >= 11 is 12.0. The summed E-state index contributed by atoms with van der Waals surface area (Å²) in [6, 6.07) is 14.5. The quantitative estimate of drug-likeness (QED) is 0.192. The molecule has 4 aromatic rings. The van der Waals surface area contributed by atoms with Crippen molar-refractivity contribution in [1.82, 2.24) is 24.5 Å². The lowest BCUT2D eigenvalue weighted by Crippen LogP contribution is -2.11. The molecule has 1 aliphatic heterocycles. The second-order valence-corrected chi connectivity index (χ2v) is 10.5. The van der Waals surface area contributed by atoms with Crippen molar-refractivity contribution in [3.05, 3.63) is 82.7 Å². The molecule has 6 rings (SSSR count). The molecule has 1 fully saturated rings. The van der Waals surface area contributed by atoms with Crippen LogP contribution >= 0.6 is 23.2 Å². The minimum absolute atomic E-state index is 0.316. The van der Waals surface area contributed by atoms with E-state index in [-0.39, 0.29) is 5.54 Å². The maximum Gasteiger partial charge on any atom is 0.165 e. The van der Waals surface area contributed by atoms with Gasteiger partial charge < -0.3 is 0 Å². The van der Waals surface area contributed by atoms with Crippen LogP contribution in [0.25, 0.3) is 16.8 Å². The SMILES string of the molecule is Cc1nnc2n1-c1ccc(-c3cnn(CCCCCCCl)c3)cc1C(c1ccc(Cl)cc1)=NC21CC1. The molecule has 184 valence electrons. The second-order valence-electron chi connectivity index (χ2n) is 9.73. The highest BCUT2D eigenvalue weighted by Gasteiger charge is 2.51. The number of hydrogen-bond acceptors (Lipinski definition) is 4. The van der Waals surface area contributed by atoms with Gasteiger partial charge in [-0.3, -0.25) is 14.2 Å². The Morgan fingerprint density at radius 3 is 2.47 bits per heavy atom. The third-order valence-corrected chi connectivity index (χ3v) is 7.66. The van der Waals surface area contributed by atoms with Crippen LogP contribution in [-0.2, 0) is 12.1 Å². The van der Waals surface area contributed by atoms with Crippen molar-refractivity contribution >= 4 is 28.9 Å². The lowest BCUT2D eigenvalue weighted by molar-refractivity contribution is 0.542. The van der Waals surface area contributed by atoms with E-state index in [2.05, 4.69) is 56.4 Å². The normalized spacial score (nSPS) is 15.4. The molecule has 6 nitrogen and oxygen atoms in total. The van der Waals surface area contributed by atoms with E-state index in [9.17, 15) is 0 Å². The van der Waals surface area contributed by atoms with Crippen molar-refractivity contribution in [3.63, 3.8) is 0 Å². The lowest BCUT2D eigenvalue weighted by Gasteiger charge is -2.14. The number of nitrogens with zero attached hydrogens (tertiary/aromatic N) is 6. The molecule has 2 aromatic carbocycles. The number of unbranched alkanes of at least 4 members (excludes halogenated alkanes) is 3. The van der Waals surface area contributed by atoms with E-state index in [0.29, 0.717) is 5.02 Å². The topological polar surface area (TPSA) is 60.9 Å². The molecule has 1 spiro atoms. The molecule has 8 heteroatoms. The molecular weight excluding hydrogens is 491 g/mol. The van der Waals surface area contributed by atoms with Gasteiger partial charge in [-0.15, -0.1) is 21.8 Å². The lowest BCUT2D eigenvalue weighted by atomic mass is 9.96. The van der Waals surface area contributed by atoms with Crippen molar-refractivity contribution in [1.29, 1.82) is 0 Å². The van der Waals surface area contributed by atoms with Gasteiger partial charge in [-0.1, -0.05) is 42.6 Å². The first-order chi connectivity index (χ1) is 17.6. The Hall–Kier alpha value is -2.96. The van der Waals surface area contributed by atoms with Crippen molar-refractivity contribution in [3.8, 4) is 16.8 Å². The van der Waals surface area contributed by atoms with Gasteiger partial charge >= 0.3 is 0 Å². The molecule has 0 N–H and O–H groups in total. The van der Waals surface area contributed by atoms with Crippen LogP contribution in [0.4, 0.5) is 0 Å². The molecular formula is C28H28Cl2N6. The van der Waals surface area contributed by atoms with Crippen LogP contribution < -0.4 is 0 Å². The summed E-state index contributed by atoms with van der Waals surface area (Å²) in [5.74, 6) is 2.54. The molecule has 1 aliphatic carbocycles. The Morgan fingerprint density at radius 1 is 0.917 bits per heavy atom. The van der Waals surface area contributed by atoms with Crippen LogP contribution in [0.3, 0.4) is 0 Å². The smallest absolute Gasteiger partial charge is 0.165 e. The van der Waals surface area contributed by atoms with Crippen molar-refractivity contribution in [2.45, 2.75) is 57.5 Å². The zero-order valence-corrected chi connectivity index (χ0v) is 21.8. The Morgan fingerprint density at radius 2 is 1.69 bits per heavy atom. The fraction of sp³-hybridized carbons (Fsp3) is 0.357. The fourth-order valence-corrected chi connectivity index (χ4v) is 5.33. The maximum absolute atomic E-state index is 6.22. The zero-order chi connectivity index (χ0) is 24.7. The first kappa shape index (κ1) is 23.4. The number of benzene rings is 2. The molecule has 0 amide bonds. The fourth-order valence-electron chi connectivity index (χ4n) is 5.01. The van der Waals surface area contributed by atoms with E-state index in [4.69, 9.17) is 28.2 Å². The predicted octanol–water partition coefficient (Wildman–Crippen LogP) is 6.73. The number of hydrogen-bond donors (Lipinski definition) is 0. The molecule has 2 aliphatic rings. The number of rotatable bonds is 8. The van der Waals surface area contributed by atoms with Crippen LogP contribution in [0.2, 0.25) is 5.02 Å². The summed E-state index contributed by atoms with van der Waals surface area (Å²) in [5.41, 5.74) is 6.04. The summed E-state index contributed by atoms with van der Waals surface area (Å²) in [7, 11) is 0. The molecule has 1 saturated carbocycles. The van der Waals surface area contributed by atoms with E-state index in [1.165, 1.54) is 12.8 Å². The Balaban J connectivity index is 1.40. The molecule has 0 saturated heterocycles. The second kappa shape index (κ2) is 9.49. The maximum atomic E-state index is 6.22. The summed E-state index contributed by atoms with van der Waals surface area (Å²) < 4.78 is 4.22. The number of fused-ring (bicyclic) bond motifs is 4. The van der Waals surface area contributed by atoms with Gasteiger partial charge in [0.1, 0.15) is 11.4 Å². The van der Waals surface area contributed by atoms with E-state index in [0.717, 1.165) is 83.4 Å². The average Bonchev–Trinajstić information content (AvgIpc) is 3.36. The van der Waals surface area contributed by atoms with Crippen LogP contribution in [0.15, 0.2) is 59.9 Å². The van der Waals surface area contributed by atoms with Gasteiger partial charge in [0.25, 0.3) is 0 Å². The van der Waals surface area contributed by atoms with Gasteiger partial charge in [0.05, 0.1) is 17.6 Å². The van der Waals surface area contributed by atoms with Crippen LogP contribution in [0.5, 0.6) is 0 Å². The van der Waals surface area contributed by atoms with Gasteiger partial charge in [0.15, 0.2) is 5.82 Å². The van der Waals surface area contributed by atoms with Crippen LogP contribution in [0.1, 0.15) is 61.3 Å². The monoisotopic (exact) mass is 518 g/mol. The van der Waals surface area contributed by atoms with Crippen molar-refractivity contribution in [2.24, 2.45) is 4.99 Å². The summed E-state index contributed by atoms with van der Waals surface area (Å²) in [4.78, 5) is 5.34. The highest BCUT2D eigenvalue weighted by Crippen LogP contribution is 2.51. The molecule has 0 radical (unpaired) electrons. The summed E-state index contributed by atoms with van der Waals surface area (Å²) in [6.07, 6.45) is 10.6. The Labute approximate surface area is 221 Å². The minimum Gasteiger partial charge on any atom is -0.280 e. The summed E-state index contributed by atoms with van der Waals surface area (Å²) in [5, 5.41) is 14.3. The predicted molar refractivity (Wildman–Crippen MR) is 145 cm³/mol. The summed E-state index contributed by atoms with van der Waals surface area (Å²) in [6.45, 7) is 2.92.